The highest BCUT2D eigenvalue weighted by atomic mass is 16.6. The Morgan fingerprint density at radius 1 is 1.10 bits per heavy atom. The standard InChI is InChI=1S/C17H26N2O2/c1-19(2)17(7-3-4-8-17)13-18-12-14-5-6-15-16(11-14)21-10-9-20-15/h5-6,11,18H,3-4,7-10,12-13H2,1-2H3. The molecule has 4 nitrogen and oxygen atoms in total. The molecule has 0 spiro atoms. The van der Waals surface area contributed by atoms with E-state index in [0.717, 1.165) is 24.6 Å². The molecule has 21 heavy (non-hydrogen) atoms. The van der Waals surface area contributed by atoms with Crippen LogP contribution in [0.5, 0.6) is 11.5 Å². The van der Waals surface area contributed by atoms with Gasteiger partial charge in [0.15, 0.2) is 11.5 Å². The summed E-state index contributed by atoms with van der Waals surface area (Å²) in [5.74, 6) is 1.74. The lowest BCUT2D eigenvalue weighted by molar-refractivity contribution is 0.153. The number of ether oxygens (including phenoxy) is 2. The van der Waals surface area contributed by atoms with Gasteiger partial charge < -0.3 is 19.7 Å². The molecule has 3 rings (SSSR count). The Kier molecular flexibility index (Phi) is 4.36. The molecule has 116 valence electrons. The van der Waals surface area contributed by atoms with Gasteiger partial charge in [0.1, 0.15) is 13.2 Å². The van der Waals surface area contributed by atoms with Crippen LogP contribution in [-0.2, 0) is 6.54 Å². The first-order chi connectivity index (χ1) is 10.2. The predicted octanol–water partition coefficient (Wildman–Crippen LogP) is 2.42. The molecule has 1 aliphatic heterocycles. The van der Waals surface area contributed by atoms with Crippen molar-refractivity contribution in [2.24, 2.45) is 0 Å². The minimum absolute atomic E-state index is 0.341. The van der Waals surface area contributed by atoms with Crippen LogP contribution in [0.3, 0.4) is 0 Å². The van der Waals surface area contributed by atoms with Crippen molar-refractivity contribution in [3.05, 3.63) is 23.8 Å². The van der Waals surface area contributed by atoms with E-state index in [9.17, 15) is 0 Å². The minimum Gasteiger partial charge on any atom is -0.486 e. The molecule has 0 aromatic heterocycles. The first-order valence-corrected chi connectivity index (χ1v) is 7.96. The normalized spacial score (nSPS) is 20.0. The third-order valence-corrected chi connectivity index (χ3v) is 4.87. The van der Waals surface area contributed by atoms with E-state index in [1.807, 2.05) is 6.07 Å². The van der Waals surface area contributed by atoms with Crippen LogP contribution in [0.4, 0.5) is 0 Å². The van der Waals surface area contributed by atoms with Crippen LogP contribution in [0.25, 0.3) is 0 Å². The van der Waals surface area contributed by atoms with Gasteiger partial charge in [0.25, 0.3) is 0 Å². The monoisotopic (exact) mass is 290 g/mol. The zero-order chi connectivity index (χ0) is 14.7. The van der Waals surface area contributed by atoms with Gasteiger partial charge in [-0.15, -0.1) is 0 Å². The van der Waals surface area contributed by atoms with Crippen LogP contribution in [0.2, 0.25) is 0 Å². The highest BCUT2D eigenvalue weighted by Crippen LogP contribution is 2.33. The van der Waals surface area contributed by atoms with E-state index in [2.05, 4.69) is 36.4 Å². The quantitative estimate of drug-likeness (QED) is 0.903. The summed E-state index contributed by atoms with van der Waals surface area (Å²) < 4.78 is 11.2. The third kappa shape index (κ3) is 3.16. The molecule has 1 aliphatic carbocycles. The van der Waals surface area contributed by atoms with Crippen molar-refractivity contribution in [1.82, 2.24) is 10.2 Å². The maximum Gasteiger partial charge on any atom is 0.161 e. The summed E-state index contributed by atoms with van der Waals surface area (Å²) in [6.45, 7) is 3.23. The fraction of sp³-hybridized carbons (Fsp3) is 0.647. The summed E-state index contributed by atoms with van der Waals surface area (Å²) in [6.07, 6.45) is 5.30. The van der Waals surface area contributed by atoms with Gasteiger partial charge in [-0.3, -0.25) is 0 Å². The second-order valence-corrected chi connectivity index (χ2v) is 6.41. The number of likely N-dealkylation sites (N-methyl/N-ethyl adjacent to an activating group) is 1. The second-order valence-electron chi connectivity index (χ2n) is 6.41. The van der Waals surface area contributed by atoms with E-state index in [-0.39, 0.29) is 0 Å². The molecule has 0 saturated heterocycles. The summed E-state index contributed by atoms with van der Waals surface area (Å²) in [5.41, 5.74) is 1.60. The van der Waals surface area contributed by atoms with Crippen molar-refractivity contribution in [3.8, 4) is 11.5 Å². The zero-order valence-electron chi connectivity index (χ0n) is 13.2. The smallest absolute Gasteiger partial charge is 0.161 e. The van der Waals surface area contributed by atoms with E-state index < -0.39 is 0 Å². The van der Waals surface area contributed by atoms with Gasteiger partial charge in [-0.05, 0) is 44.6 Å². The molecule has 1 aromatic carbocycles. The lowest BCUT2D eigenvalue weighted by Gasteiger charge is -2.36. The molecule has 1 saturated carbocycles. The highest BCUT2D eigenvalue weighted by molar-refractivity contribution is 5.43. The molecule has 4 heteroatoms. The number of benzene rings is 1. The molecule has 0 amide bonds. The maximum absolute atomic E-state index is 5.64. The van der Waals surface area contributed by atoms with Crippen molar-refractivity contribution >= 4 is 0 Å². The molecular weight excluding hydrogens is 264 g/mol. The van der Waals surface area contributed by atoms with Crippen LogP contribution < -0.4 is 14.8 Å². The summed E-state index contributed by atoms with van der Waals surface area (Å²) in [7, 11) is 4.41. The number of rotatable bonds is 5. The fourth-order valence-electron chi connectivity index (χ4n) is 3.45. The van der Waals surface area contributed by atoms with E-state index in [1.165, 1.54) is 31.2 Å². The Bertz CT molecular complexity index is 482. The Morgan fingerprint density at radius 2 is 1.81 bits per heavy atom. The third-order valence-electron chi connectivity index (χ3n) is 4.87. The van der Waals surface area contributed by atoms with Gasteiger partial charge >= 0.3 is 0 Å². The number of nitrogens with one attached hydrogen (secondary N) is 1. The first kappa shape index (κ1) is 14.7. The van der Waals surface area contributed by atoms with Gasteiger partial charge in [-0.1, -0.05) is 18.9 Å². The molecular formula is C17H26N2O2. The Labute approximate surface area is 127 Å². The molecule has 0 bridgehead atoms. The van der Waals surface area contributed by atoms with E-state index in [1.54, 1.807) is 0 Å². The van der Waals surface area contributed by atoms with E-state index in [4.69, 9.17) is 9.47 Å². The molecule has 1 fully saturated rings. The van der Waals surface area contributed by atoms with Crippen molar-refractivity contribution in [1.29, 1.82) is 0 Å². The van der Waals surface area contributed by atoms with Gasteiger partial charge in [0.2, 0.25) is 0 Å². The number of fused-ring (bicyclic) bond motifs is 1. The Morgan fingerprint density at radius 3 is 2.52 bits per heavy atom. The zero-order valence-corrected chi connectivity index (χ0v) is 13.2. The van der Waals surface area contributed by atoms with Gasteiger partial charge in [-0.2, -0.15) is 0 Å². The number of nitrogens with zero attached hydrogens (tertiary/aromatic N) is 1. The SMILES string of the molecule is CN(C)C1(CNCc2ccc3c(c2)OCCO3)CCCC1. The molecule has 2 aliphatic rings. The molecule has 1 heterocycles. The Balaban J connectivity index is 1.57. The summed E-state index contributed by atoms with van der Waals surface area (Å²) in [5, 5.41) is 3.63. The van der Waals surface area contributed by atoms with Crippen LogP contribution in [-0.4, -0.2) is 44.3 Å². The van der Waals surface area contributed by atoms with E-state index >= 15 is 0 Å². The molecule has 0 unspecified atom stereocenters. The van der Waals surface area contributed by atoms with Crippen molar-refractivity contribution < 1.29 is 9.47 Å². The number of hydrogen-bond acceptors (Lipinski definition) is 4. The molecule has 0 atom stereocenters. The summed E-state index contributed by atoms with van der Waals surface area (Å²) in [4.78, 5) is 2.40. The molecule has 1 aromatic rings. The van der Waals surface area contributed by atoms with Crippen molar-refractivity contribution in [2.45, 2.75) is 37.8 Å². The lowest BCUT2D eigenvalue weighted by Crippen LogP contribution is -2.49. The maximum atomic E-state index is 5.64. The topological polar surface area (TPSA) is 33.7 Å². The molecule has 1 N–H and O–H groups in total. The van der Waals surface area contributed by atoms with Crippen molar-refractivity contribution in [3.63, 3.8) is 0 Å². The van der Waals surface area contributed by atoms with Crippen LogP contribution in [0, 0.1) is 0 Å². The Hall–Kier alpha value is -1.26. The highest BCUT2D eigenvalue weighted by Gasteiger charge is 2.35. The largest absolute Gasteiger partial charge is 0.486 e. The van der Waals surface area contributed by atoms with Gasteiger partial charge in [0.05, 0.1) is 0 Å². The van der Waals surface area contributed by atoms with E-state index in [0.29, 0.717) is 18.8 Å². The predicted molar refractivity (Wildman–Crippen MR) is 84.0 cm³/mol. The van der Waals surface area contributed by atoms with Gasteiger partial charge in [-0.25, -0.2) is 0 Å². The second kappa shape index (κ2) is 6.24. The number of hydrogen-bond donors (Lipinski definition) is 1. The fourth-order valence-corrected chi connectivity index (χ4v) is 3.45. The van der Waals surface area contributed by atoms with Crippen LogP contribution in [0.1, 0.15) is 31.2 Å². The van der Waals surface area contributed by atoms with Crippen LogP contribution in [0.15, 0.2) is 18.2 Å². The molecule has 0 radical (unpaired) electrons. The van der Waals surface area contributed by atoms with Gasteiger partial charge in [0, 0.05) is 18.6 Å². The van der Waals surface area contributed by atoms with Crippen LogP contribution >= 0.6 is 0 Å². The average Bonchev–Trinajstić information content (AvgIpc) is 2.97. The van der Waals surface area contributed by atoms with Crippen molar-refractivity contribution in [2.75, 3.05) is 33.9 Å². The lowest BCUT2D eigenvalue weighted by atomic mass is 9.96. The summed E-state index contributed by atoms with van der Waals surface area (Å²) in [6, 6.07) is 6.23. The minimum atomic E-state index is 0.341. The average molecular weight is 290 g/mol. The first-order valence-electron chi connectivity index (χ1n) is 7.96. The summed E-state index contributed by atoms with van der Waals surface area (Å²) >= 11 is 0.